The van der Waals surface area contributed by atoms with Crippen LogP contribution in [-0.4, -0.2) is 18.2 Å². The smallest absolute Gasteiger partial charge is 0.339 e. The molecule has 0 spiro atoms. The Labute approximate surface area is 107 Å². The van der Waals surface area contributed by atoms with Crippen LogP contribution < -0.4 is 0 Å². The van der Waals surface area contributed by atoms with E-state index in [0.29, 0.717) is 5.56 Å². The maximum atomic E-state index is 11.3. The minimum absolute atomic E-state index is 0.557. The van der Waals surface area contributed by atoms with Gasteiger partial charge in [0, 0.05) is 4.47 Å². The average molecular weight is 295 g/mol. The molecule has 0 radical (unpaired) electrons. The van der Waals surface area contributed by atoms with Crippen molar-refractivity contribution in [2.45, 2.75) is 6.10 Å². The summed E-state index contributed by atoms with van der Waals surface area (Å²) in [6.07, 6.45) is -1.25. The van der Waals surface area contributed by atoms with Crippen molar-refractivity contribution >= 4 is 32.7 Å². The van der Waals surface area contributed by atoms with E-state index in [1.807, 2.05) is 24.3 Å². The number of carbonyl (C=O) groups is 1. The van der Waals surface area contributed by atoms with Crippen LogP contribution in [0.4, 0.5) is 0 Å². The van der Waals surface area contributed by atoms with Crippen LogP contribution in [0.5, 0.6) is 0 Å². The Hall–Kier alpha value is -1.39. The van der Waals surface area contributed by atoms with Crippen molar-refractivity contribution in [3.8, 4) is 0 Å². The number of methoxy groups -OCH3 is 1. The lowest BCUT2D eigenvalue weighted by Crippen LogP contribution is -2.13. The predicted octanol–water partition coefficient (Wildman–Crippen LogP) is 2.81. The number of aliphatic hydroxyl groups excluding tert-OH is 1. The van der Waals surface area contributed by atoms with Gasteiger partial charge in [-0.1, -0.05) is 40.2 Å². The lowest BCUT2D eigenvalue weighted by Gasteiger charge is -2.11. The minimum Gasteiger partial charge on any atom is -0.467 e. The molecular formula is C13H11BrO3. The first-order valence-corrected chi connectivity index (χ1v) is 5.87. The van der Waals surface area contributed by atoms with Crippen molar-refractivity contribution in [2.24, 2.45) is 0 Å². The molecule has 2 aromatic carbocycles. The molecule has 0 amide bonds. The summed E-state index contributed by atoms with van der Waals surface area (Å²) in [7, 11) is 1.26. The van der Waals surface area contributed by atoms with Crippen molar-refractivity contribution in [2.75, 3.05) is 7.11 Å². The number of benzene rings is 2. The van der Waals surface area contributed by atoms with Crippen molar-refractivity contribution in [3.63, 3.8) is 0 Å². The Morgan fingerprint density at radius 3 is 2.82 bits per heavy atom. The van der Waals surface area contributed by atoms with Crippen LogP contribution in [0.15, 0.2) is 40.9 Å². The van der Waals surface area contributed by atoms with Gasteiger partial charge < -0.3 is 9.84 Å². The Morgan fingerprint density at radius 2 is 2.12 bits per heavy atom. The number of fused-ring (bicyclic) bond motifs is 1. The van der Waals surface area contributed by atoms with E-state index in [0.717, 1.165) is 15.2 Å². The van der Waals surface area contributed by atoms with Crippen LogP contribution in [0, 0.1) is 0 Å². The second-order valence-electron chi connectivity index (χ2n) is 3.64. The Balaban J connectivity index is 2.58. The molecule has 0 heterocycles. The molecule has 17 heavy (non-hydrogen) atoms. The summed E-state index contributed by atoms with van der Waals surface area (Å²) in [5.41, 5.74) is 0.557. The Morgan fingerprint density at radius 1 is 1.35 bits per heavy atom. The molecule has 0 aliphatic heterocycles. The zero-order chi connectivity index (χ0) is 12.4. The van der Waals surface area contributed by atoms with Crippen LogP contribution in [0.25, 0.3) is 10.8 Å². The molecule has 0 aliphatic carbocycles. The molecular weight excluding hydrogens is 284 g/mol. The van der Waals surface area contributed by atoms with Gasteiger partial charge in [0.15, 0.2) is 6.10 Å². The summed E-state index contributed by atoms with van der Waals surface area (Å²) >= 11 is 3.38. The molecule has 2 rings (SSSR count). The first-order chi connectivity index (χ1) is 8.13. The molecule has 0 aliphatic rings. The fourth-order valence-electron chi connectivity index (χ4n) is 1.76. The zero-order valence-corrected chi connectivity index (χ0v) is 10.8. The number of carbonyl (C=O) groups excluding carboxylic acids is 1. The van der Waals surface area contributed by atoms with Crippen LogP contribution in [0.3, 0.4) is 0 Å². The Kier molecular flexibility index (Phi) is 3.45. The molecule has 1 unspecified atom stereocenters. The molecule has 3 nitrogen and oxygen atoms in total. The highest BCUT2D eigenvalue weighted by atomic mass is 79.9. The Bertz CT molecular complexity index is 566. The topological polar surface area (TPSA) is 46.5 Å². The summed E-state index contributed by atoms with van der Waals surface area (Å²) in [6.45, 7) is 0. The molecule has 0 aromatic heterocycles. The SMILES string of the molecule is COC(=O)C(O)c1cccc2cc(Br)ccc12. The first kappa shape index (κ1) is 12.1. The standard InChI is InChI=1S/C13H11BrO3/c1-17-13(16)12(15)11-4-2-3-8-7-9(14)5-6-10(8)11/h2-7,12,15H,1H3. The summed E-state index contributed by atoms with van der Waals surface area (Å²) in [5.74, 6) is -0.652. The van der Waals surface area contributed by atoms with Crippen molar-refractivity contribution in [1.29, 1.82) is 0 Å². The number of hydrogen-bond donors (Lipinski definition) is 1. The van der Waals surface area contributed by atoms with Crippen LogP contribution in [0.2, 0.25) is 0 Å². The van der Waals surface area contributed by atoms with Gasteiger partial charge in [0.05, 0.1) is 7.11 Å². The van der Waals surface area contributed by atoms with Crippen LogP contribution in [-0.2, 0) is 9.53 Å². The first-order valence-electron chi connectivity index (χ1n) is 5.07. The molecule has 0 saturated heterocycles. The van der Waals surface area contributed by atoms with Crippen molar-refractivity contribution in [3.05, 3.63) is 46.4 Å². The van der Waals surface area contributed by atoms with E-state index in [9.17, 15) is 9.90 Å². The van der Waals surface area contributed by atoms with E-state index < -0.39 is 12.1 Å². The maximum Gasteiger partial charge on any atom is 0.339 e. The van der Waals surface area contributed by atoms with Gasteiger partial charge in [-0.25, -0.2) is 4.79 Å². The zero-order valence-electron chi connectivity index (χ0n) is 9.18. The van der Waals surface area contributed by atoms with E-state index in [-0.39, 0.29) is 0 Å². The van der Waals surface area contributed by atoms with Gasteiger partial charge in [-0.2, -0.15) is 0 Å². The average Bonchev–Trinajstić information content (AvgIpc) is 2.35. The fraction of sp³-hybridized carbons (Fsp3) is 0.154. The summed E-state index contributed by atoms with van der Waals surface area (Å²) in [6, 6.07) is 11.1. The number of ether oxygens (including phenoxy) is 1. The third-order valence-electron chi connectivity index (χ3n) is 2.60. The third-order valence-corrected chi connectivity index (χ3v) is 3.09. The lowest BCUT2D eigenvalue weighted by molar-refractivity contribution is -0.150. The van der Waals surface area contributed by atoms with Crippen molar-refractivity contribution in [1.82, 2.24) is 0 Å². The lowest BCUT2D eigenvalue weighted by atomic mass is 10.0. The molecule has 0 saturated carbocycles. The van der Waals surface area contributed by atoms with Crippen molar-refractivity contribution < 1.29 is 14.6 Å². The number of aliphatic hydroxyl groups is 1. The highest BCUT2D eigenvalue weighted by Crippen LogP contribution is 2.27. The molecule has 2 aromatic rings. The van der Waals surface area contributed by atoms with E-state index in [1.54, 1.807) is 12.1 Å². The largest absolute Gasteiger partial charge is 0.467 e. The molecule has 1 atom stereocenters. The minimum atomic E-state index is -1.25. The van der Waals surface area contributed by atoms with Gasteiger partial charge in [-0.05, 0) is 28.5 Å². The number of halogens is 1. The molecule has 0 fully saturated rings. The van der Waals surface area contributed by atoms with E-state index in [1.165, 1.54) is 7.11 Å². The van der Waals surface area contributed by atoms with Crippen LogP contribution in [0.1, 0.15) is 11.7 Å². The van der Waals surface area contributed by atoms with Gasteiger partial charge >= 0.3 is 5.97 Å². The van der Waals surface area contributed by atoms with E-state index in [2.05, 4.69) is 20.7 Å². The summed E-state index contributed by atoms with van der Waals surface area (Å²) < 4.78 is 5.49. The fourth-order valence-corrected chi connectivity index (χ4v) is 2.14. The number of hydrogen-bond acceptors (Lipinski definition) is 3. The highest BCUT2D eigenvalue weighted by molar-refractivity contribution is 9.10. The van der Waals surface area contributed by atoms with Gasteiger partial charge in [0.25, 0.3) is 0 Å². The van der Waals surface area contributed by atoms with E-state index in [4.69, 9.17) is 0 Å². The van der Waals surface area contributed by atoms with Gasteiger partial charge in [0.1, 0.15) is 0 Å². The molecule has 0 bridgehead atoms. The second kappa shape index (κ2) is 4.85. The highest BCUT2D eigenvalue weighted by Gasteiger charge is 2.19. The van der Waals surface area contributed by atoms with Gasteiger partial charge in [-0.15, -0.1) is 0 Å². The quantitative estimate of drug-likeness (QED) is 0.867. The normalized spacial score (nSPS) is 12.4. The summed E-state index contributed by atoms with van der Waals surface area (Å²) in [4.78, 5) is 11.3. The molecule has 88 valence electrons. The molecule has 1 N–H and O–H groups in total. The molecule has 4 heteroatoms. The third kappa shape index (κ3) is 2.33. The number of esters is 1. The maximum absolute atomic E-state index is 11.3. The predicted molar refractivity (Wildman–Crippen MR) is 68.6 cm³/mol. The van der Waals surface area contributed by atoms with Crippen LogP contribution >= 0.6 is 15.9 Å². The van der Waals surface area contributed by atoms with Gasteiger partial charge in [-0.3, -0.25) is 0 Å². The summed E-state index contributed by atoms with van der Waals surface area (Å²) in [5, 5.41) is 11.7. The van der Waals surface area contributed by atoms with Gasteiger partial charge in [0.2, 0.25) is 0 Å². The van der Waals surface area contributed by atoms with E-state index >= 15 is 0 Å². The second-order valence-corrected chi connectivity index (χ2v) is 4.55. The number of rotatable bonds is 2. The monoisotopic (exact) mass is 294 g/mol.